The van der Waals surface area contributed by atoms with Crippen LogP contribution in [-0.4, -0.2) is 18.0 Å². The van der Waals surface area contributed by atoms with E-state index in [0.29, 0.717) is 0 Å². The van der Waals surface area contributed by atoms with Crippen LogP contribution in [0, 0.1) is 0 Å². The zero-order valence-corrected chi connectivity index (χ0v) is 15.1. The van der Waals surface area contributed by atoms with Crippen LogP contribution < -0.4 is 0 Å². The van der Waals surface area contributed by atoms with E-state index in [1.807, 2.05) is 11.3 Å². The van der Waals surface area contributed by atoms with Gasteiger partial charge in [0.05, 0.1) is 0 Å². The van der Waals surface area contributed by atoms with Gasteiger partial charge in [-0.25, -0.2) is 0 Å². The molecule has 0 radical (unpaired) electrons. The Morgan fingerprint density at radius 1 is 0.810 bits per heavy atom. The van der Waals surface area contributed by atoms with Crippen LogP contribution in [0.25, 0.3) is 0 Å². The van der Waals surface area contributed by atoms with Crippen LogP contribution in [0.3, 0.4) is 0 Å². The number of thiophene rings is 1. The van der Waals surface area contributed by atoms with Gasteiger partial charge < -0.3 is 0 Å². The van der Waals surface area contributed by atoms with Gasteiger partial charge in [-0.1, -0.05) is 71.3 Å². The molecule has 1 aromatic heterocycles. The molecule has 0 bridgehead atoms. The number of rotatable bonds is 14. The minimum Gasteiger partial charge on any atom is -0.298 e. The summed E-state index contributed by atoms with van der Waals surface area (Å²) >= 11 is 1.90. The van der Waals surface area contributed by atoms with Gasteiger partial charge in [0.1, 0.15) is 0 Å². The molecule has 0 atom stereocenters. The SMILES string of the molecule is CCCCCCCN(CCCCCCC)Cc1cccs1. The molecule has 0 aliphatic rings. The average molecular weight is 310 g/mol. The van der Waals surface area contributed by atoms with Crippen molar-refractivity contribution in [3.8, 4) is 0 Å². The number of unbranched alkanes of at least 4 members (excludes halogenated alkanes) is 8. The molecule has 2 heteroatoms. The first kappa shape index (κ1) is 18.7. The third-order valence-electron chi connectivity index (χ3n) is 4.12. The van der Waals surface area contributed by atoms with Crippen molar-refractivity contribution in [1.82, 2.24) is 4.90 Å². The molecule has 0 aliphatic carbocycles. The van der Waals surface area contributed by atoms with Gasteiger partial charge in [-0.3, -0.25) is 4.90 Å². The molecule has 1 nitrogen and oxygen atoms in total. The summed E-state index contributed by atoms with van der Waals surface area (Å²) in [6.07, 6.45) is 13.9. The first-order valence-electron chi connectivity index (χ1n) is 9.11. The Morgan fingerprint density at radius 2 is 1.38 bits per heavy atom. The third-order valence-corrected chi connectivity index (χ3v) is 4.98. The maximum atomic E-state index is 2.68. The topological polar surface area (TPSA) is 3.24 Å². The molecule has 0 fully saturated rings. The van der Waals surface area contributed by atoms with Crippen LogP contribution >= 0.6 is 11.3 Å². The summed E-state index contributed by atoms with van der Waals surface area (Å²) in [5, 5.41) is 2.20. The van der Waals surface area contributed by atoms with Crippen molar-refractivity contribution in [3.05, 3.63) is 22.4 Å². The van der Waals surface area contributed by atoms with Crippen LogP contribution in [0.1, 0.15) is 82.9 Å². The molecule has 0 saturated heterocycles. The molecule has 0 aromatic carbocycles. The van der Waals surface area contributed by atoms with E-state index in [4.69, 9.17) is 0 Å². The van der Waals surface area contributed by atoms with Crippen molar-refractivity contribution in [2.24, 2.45) is 0 Å². The molecule has 0 amide bonds. The van der Waals surface area contributed by atoms with Crippen LogP contribution in [0.4, 0.5) is 0 Å². The Labute approximate surface area is 136 Å². The lowest BCUT2D eigenvalue weighted by Crippen LogP contribution is -2.25. The lowest BCUT2D eigenvalue weighted by atomic mass is 10.1. The van der Waals surface area contributed by atoms with E-state index >= 15 is 0 Å². The number of nitrogens with zero attached hydrogens (tertiary/aromatic N) is 1. The second-order valence-corrected chi connectivity index (χ2v) is 7.22. The zero-order valence-electron chi connectivity index (χ0n) is 14.3. The quantitative estimate of drug-likeness (QED) is 0.355. The third kappa shape index (κ3) is 10.1. The first-order chi connectivity index (χ1) is 10.4. The lowest BCUT2D eigenvalue weighted by molar-refractivity contribution is 0.254. The molecule has 1 rings (SSSR count). The second kappa shape index (κ2) is 13.3. The molecular formula is C19H35NS. The monoisotopic (exact) mass is 309 g/mol. The maximum Gasteiger partial charge on any atom is 0.0327 e. The molecule has 0 aliphatic heterocycles. The summed E-state index contributed by atoms with van der Waals surface area (Å²) in [6.45, 7) is 8.32. The van der Waals surface area contributed by atoms with E-state index < -0.39 is 0 Å². The Bertz CT molecular complexity index is 293. The van der Waals surface area contributed by atoms with Crippen molar-refractivity contribution in [2.75, 3.05) is 13.1 Å². The highest BCUT2D eigenvalue weighted by Crippen LogP contribution is 2.14. The smallest absolute Gasteiger partial charge is 0.0327 e. The fourth-order valence-corrected chi connectivity index (χ4v) is 3.52. The summed E-state index contributed by atoms with van der Waals surface area (Å²) < 4.78 is 0. The van der Waals surface area contributed by atoms with E-state index in [-0.39, 0.29) is 0 Å². The molecule has 122 valence electrons. The Kier molecular flexibility index (Phi) is 11.9. The van der Waals surface area contributed by atoms with Gasteiger partial charge in [-0.2, -0.15) is 0 Å². The summed E-state index contributed by atoms with van der Waals surface area (Å²) in [5.74, 6) is 0. The van der Waals surface area contributed by atoms with Crippen LogP contribution in [0.15, 0.2) is 17.5 Å². The molecular weight excluding hydrogens is 274 g/mol. The van der Waals surface area contributed by atoms with Gasteiger partial charge in [0.25, 0.3) is 0 Å². The van der Waals surface area contributed by atoms with Crippen molar-refractivity contribution in [2.45, 2.75) is 84.6 Å². The minimum absolute atomic E-state index is 1.17. The normalized spacial score (nSPS) is 11.4. The van der Waals surface area contributed by atoms with E-state index in [1.54, 1.807) is 0 Å². The number of hydrogen-bond acceptors (Lipinski definition) is 2. The Balaban J connectivity index is 2.21. The van der Waals surface area contributed by atoms with Crippen LogP contribution in [0.2, 0.25) is 0 Å². The van der Waals surface area contributed by atoms with E-state index in [2.05, 4.69) is 36.3 Å². The van der Waals surface area contributed by atoms with Crippen molar-refractivity contribution in [1.29, 1.82) is 0 Å². The van der Waals surface area contributed by atoms with Crippen LogP contribution in [0.5, 0.6) is 0 Å². The molecule has 1 aromatic rings. The largest absolute Gasteiger partial charge is 0.298 e. The maximum absolute atomic E-state index is 2.68. The summed E-state index contributed by atoms with van der Waals surface area (Å²) in [5.41, 5.74) is 0. The van der Waals surface area contributed by atoms with Crippen molar-refractivity contribution >= 4 is 11.3 Å². The number of hydrogen-bond donors (Lipinski definition) is 0. The minimum atomic E-state index is 1.17. The van der Waals surface area contributed by atoms with Gasteiger partial charge in [-0.15, -0.1) is 11.3 Å². The fourth-order valence-electron chi connectivity index (χ4n) is 2.77. The Hall–Kier alpha value is -0.340. The summed E-state index contributed by atoms with van der Waals surface area (Å²) in [7, 11) is 0. The lowest BCUT2D eigenvalue weighted by Gasteiger charge is -2.21. The molecule has 0 unspecified atom stereocenters. The van der Waals surface area contributed by atoms with Crippen molar-refractivity contribution < 1.29 is 0 Å². The van der Waals surface area contributed by atoms with Crippen molar-refractivity contribution in [3.63, 3.8) is 0 Å². The molecule has 0 N–H and O–H groups in total. The zero-order chi connectivity index (χ0) is 15.2. The fraction of sp³-hybridized carbons (Fsp3) is 0.789. The standard InChI is InChI=1S/C19H35NS/c1-3-5-7-9-11-15-20(16-12-10-8-6-4-2)18-19-14-13-17-21-19/h13-14,17H,3-12,15-16,18H2,1-2H3. The summed E-state index contributed by atoms with van der Waals surface area (Å²) in [4.78, 5) is 4.21. The predicted molar refractivity (Wildman–Crippen MR) is 97.1 cm³/mol. The molecule has 1 heterocycles. The Morgan fingerprint density at radius 3 is 1.86 bits per heavy atom. The average Bonchev–Trinajstić information content (AvgIpc) is 2.99. The highest BCUT2D eigenvalue weighted by atomic mass is 32.1. The second-order valence-electron chi connectivity index (χ2n) is 6.18. The molecule has 21 heavy (non-hydrogen) atoms. The van der Waals surface area contributed by atoms with Gasteiger partial charge >= 0.3 is 0 Å². The van der Waals surface area contributed by atoms with Gasteiger partial charge in [0.15, 0.2) is 0 Å². The van der Waals surface area contributed by atoms with E-state index in [9.17, 15) is 0 Å². The predicted octanol–water partition coefficient (Wildman–Crippen LogP) is 6.49. The van der Waals surface area contributed by atoms with Gasteiger partial charge in [0.2, 0.25) is 0 Å². The molecule has 0 saturated carbocycles. The van der Waals surface area contributed by atoms with E-state index in [0.717, 1.165) is 0 Å². The summed E-state index contributed by atoms with van der Waals surface area (Å²) in [6, 6.07) is 4.46. The first-order valence-corrected chi connectivity index (χ1v) is 9.99. The van der Waals surface area contributed by atoms with E-state index in [1.165, 1.54) is 88.7 Å². The highest BCUT2D eigenvalue weighted by Gasteiger charge is 2.06. The molecule has 0 spiro atoms. The highest BCUT2D eigenvalue weighted by molar-refractivity contribution is 7.09. The van der Waals surface area contributed by atoms with Crippen LogP contribution in [-0.2, 0) is 6.54 Å². The van der Waals surface area contributed by atoms with Gasteiger partial charge in [0, 0.05) is 11.4 Å². The van der Waals surface area contributed by atoms with Gasteiger partial charge in [-0.05, 0) is 37.4 Å².